The summed E-state index contributed by atoms with van der Waals surface area (Å²) < 4.78 is 22.5. The average molecular weight is 514 g/mol. The number of aromatic nitrogens is 1. The van der Waals surface area contributed by atoms with Gasteiger partial charge >= 0.3 is 5.97 Å². The monoisotopic (exact) mass is 513 g/mol. The number of aryl methyl sites for hydroxylation is 3. The Labute approximate surface area is 222 Å². The lowest BCUT2D eigenvalue weighted by atomic mass is 10.0. The highest BCUT2D eigenvalue weighted by Crippen LogP contribution is 2.38. The Balaban J connectivity index is 1.65. The Morgan fingerprint density at radius 3 is 2.13 bits per heavy atom. The van der Waals surface area contributed by atoms with Crippen molar-refractivity contribution in [3.63, 3.8) is 0 Å². The largest absolute Gasteiger partial charge is 0.493 e. The minimum atomic E-state index is -1.02. The van der Waals surface area contributed by atoms with E-state index in [0.717, 1.165) is 22.3 Å². The number of rotatable bonds is 11. The van der Waals surface area contributed by atoms with E-state index in [1.807, 2.05) is 67.6 Å². The van der Waals surface area contributed by atoms with E-state index < -0.39 is 5.97 Å². The Morgan fingerprint density at radius 1 is 0.789 bits per heavy atom. The van der Waals surface area contributed by atoms with Crippen LogP contribution in [0.4, 0.5) is 0 Å². The zero-order chi connectivity index (χ0) is 27.1. The van der Waals surface area contributed by atoms with E-state index in [9.17, 15) is 9.90 Å². The number of hydrogen-bond acceptors (Lipinski definition) is 6. The van der Waals surface area contributed by atoms with Crippen molar-refractivity contribution in [2.24, 2.45) is 0 Å². The van der Waals surface area contributed by atoms with Gasteiger partial charge in [-0.15, -0.1) is 0 Å². The third-order valence-corrected chi connectivity index (χ3v) is 6.23. The Bertz CT molecular complexity index is 1390. The van der Waals surface area contributed by atoms with E-state index in [-0.39, 0.29) is 5.56 Å². The normalized spacial score (nSPS) is 10.6. The molecule has 0 saturated heterocycles. The molecule has 1 N–H and O–H groups in total. The third-order valence-electron chi connectivity index (χ3n) is 6.23. The summed E-state index contributed by atoms with van der Waals surface area (Å²) in [6.45, 7) is 2.42. The van der Waals surface area contributed by atoms with Crippen molar-refractivity contribution in [3.05, 3.63) is 101 Å². The van der Waals surface area contributed by atoms with Gasteiger partial charge < -0.3 is 24.1 Å². The molecule has 1 heterocycles. The van der Waals surface area contributed by atoms with Crippen LogP contribution in [-0.4, -0.2) is 37.4 Å². The zero-order valence-corrected chi connectivity index (χ0v) is 22.0. The fraction of sp³-hybridized carbons (Fsp3) is 0.226. The maximum atomic E-state index is 12.0. The van der Waals surface area contributed by atoms with E-state index in [1.54, 1.807) is 33.5 Å². The first-order chi connectivity index (χ1) is 18.4. The molecule has 0 aliphatic heterocycles. The number of nitrogens with zero attached hydrogens (tertiary/aromatic N) is 1. The Hall–Kier alpha value is -4.52. The van der Waals surface area contributed by atoms with Gasteiger partial charge in [-0.25, -0.2) is 4.79 Å². The van der Waals surface area contributed by atoms with Gasteiger partial charge in [0.15, 0.2) is 11.5 Å². The smallest absolute Gasteiger partial charge is 0.337 e. The Kier molecular flexibility index (Phi) is 8.48. The highest BCUT2D eigenvalue weighted by molar-refractivity contribution is 5.89. The van der Waals surface area contributed by atoms with Crippen molar-refractivity contribution in [1.29, 1.82) is 0 Å². The molecule has 0 unspecified atom stereocenters. The summed E-state index contributed by atoms with van der Waals surface area (Å²) in [6, 6.07) is 22.9. The molecule has 196 valence electrons. The van der Waals surface area contributed by atoms with Crippen LogP contribution >= 0.6 is 0 Å². The van der Waals surface area contributed by atoms with Crippen molar-refractivity contribution >= 4 is 5.97 Å². The topological polar surface area (TPSA) is 87.1 Å². The van der Waals surface area contributed by atoms with E-state index in [2.05, 4.69) is 0 Å². The summed E-state index contributed by atoms with van der Waals surface area (Å²) in [6.07, 6.45) is 0.929. The first-order valence-electron chi connectivity index (χ1n) is 12.2. The molecule has 0 amide bonds. The summed E-state index contributed by atoms with van der Waals surface area (Å²) in [5.74, 6) is 1.26. The summed E-state index contributed by atoms with van der Waals surface area (Å²) >= 11 is 0. The average Bonchev–Trinajstić information content (AvgIpc) is 2.95. The summed E-state index contributed by atoms with van der Waals surface area (Å²) in [7, 11) is 4.68. The minimum absolute atomic E-state index is 0.167. The summed E-state index contributed by atoms with van der Waals surface area (Å²) in [4.78, 5) is 16.8. The SMILES string of the molecule is COc1cc(CCc2nc(-c3cc(C)ccc3OCc3ccccc3)ccc2C(=O)O)cc(OC)c1OC. The highest BCUT2D eigenvalue weighted by Gasteiger charge is 2.18. The molecule has 0 aliphatic rings. The maximum absolute atomic E-state index is 12.0. The number of pyridine rings is 1. The van der Waals surface area contributed by atoms with Gasteiger partial charge in [0.05, 0.1) is 38.3 Å². The van der Waals surface area contributed by atoms with Crippen LogP contribution < -0.4 is 18.9 Å². The fourth-order valence-electron chi connectivity index (χ4n) is 4.28. The molecular weight excluding hydrogens is 482 g/mol. The van der Waals surface area contributed by atoms with E-state index >= 15 is 0 Å². The van der Waals surface area contributed by atoms with Crippen LogP contribution in [0.1, 0.15) is 32.7 Å². The molecule has 0 spiro atoms. The van der Waals surface area contributed by atoms with Crippen molar-refractivity contribution in [2.45, 2.75) is 26.4 Å². The van der Waals surface area contributed by atoms with Crippen LogP contribution in [0.15, 0.2) is 72.8 Å². The maximum Gasteiger partial charge on any atom is 0.337 e. The van der Waals surface area contributed by atoms with Crippen molar-refractivity contribution in [1.82, 2.24) is 4.98 Å². The molecule has 0 aliphatic carbocycles. The van der Waals surface area contributed by atoms with Gasteiger partial charge in [0.1, 0.15) is 12.4 Å². The van der Waals surface area contributed by atoms with Gasteiger partial charge in [-0.3, -0.25) is 4.98 Å². The fourth-order valence-corrected chi connectivity index (χ4v) is 4.28. The van der Waals surface area contributed by atoms with Crippen molar-refractivity contribution in [2.75, 3.05) is 21.3 Å². The van der Waals surface area contributed by atoms with Crippen molar-refractivity contribution < 1.29 is 28.8 Å². The Morgan fingerprint density at radius 2 is 1.50 bits per heavy atom. The van der Waals surface area contributed by atoms with Gasteiger partial charge in [0.2, 0.25) is 5.75 Å². The molecule has 4 rings (SSSR count). The molecule has 3 aromatic carbocycles. The molecule has 0 saturated carbocycles. The van der Waals surface area contributed by atoms with Gasteiger partial charge in [0, 0.05) is 5.56 Å². The second kappa shape index (κ2) is 12.1. The van der Waals surface area contributed by atoms with Crippen LogP contribution in [0, 0.1) is 6.92 Å². The van der Waals surface area contributed by atoms with Crippen LogP contribution in [0.5, 0.6) is 23.0 Å². The molecule has 7 nitrogen and oxygen atoms in total. The number of hydrogen-bond donors (Lipinski definition) is 1. The lowest BCUT2D eigenvalue weighted by Gasteiger charge is -2.15. The highest BCUT2D eigenvalue weighted by atomic mass is 16.5. The number of carboxylic acid groups (broad SMARTS) is 1. The van der Waals surface area contributed by atoms with Crippen LogP contribution in [-0.2, 0) is 19.4 Å². The zero-order valence-electron chi connectivity index (χ0n) is 22.0. The number of carbonyl (C=O) groups is 1. The first-order valence-corrected chi connectivity index (χ1v) is 12.2. The summed E-state index contributed by atoms with van der Waals surface area (Å²) in [5.41, 5.74) is 5.13. The second-order valence-corrected chi connectivity index (χ2v) is 8.80. The van der Waals surface area contributed by atoms with E-state index in [4.69, 9.17) is 23.9 Å². The van der Waals surface area contributed by atoms with E-state index in [0.29, 0.717) is 53.8 Å². The van der Waals surface area contributed by atoms with Gasteiger partial charge in [-0.1, -0.05) is 42.0 Å². The second-order valence-electron chi connectivity index (χ2n) is 8.80. The number of methoxy groups -OCH3 is 3. The predicted octanol–water partition coefficient (Wildman–Crippen LogP) is 6.15. The van der Waals surface area contributed by atoms with Gasteiger partial charge in [-0.2, -0.15) is 0 Å². The third kappa shape index (κ3) is 6.06. The van der Waals surface area contributed by atoms with Crippen LogP contribution in [0.3, 0.4) is 0 Å². The number of aromatic carboxylic acids is 1. The minimum Gasteiger partial charge on any atom is -0.493 e. The van der Waals surface area contributed by atoms with Crippen LogP contribution in [0.25, 0.3) is 11.3 Å². The lowest BCUT2D eigenvalue weighted by molar-refractivity contribution is 0.0695. The lowest BCUT2D eigenvalue weighted by Crippen LogP contribution is -2.08. The molecule has 0 bridgehead atoms. The molecule has 0 fully saturated rings. The molecular formula is C31H31NO6. The van der Waals surface area contributed by atoms with E-state index in [1.165, 1.54) is 0 Å². The van der Waals surface area contributed by atoms with Gasteiger partial charge in [-0.05, 0) is 67.3 Å². The first kappa shape index (κ1) is 26.5. The number of ether oxygens (including phenoxy) is 4. The van der Waals surface area contributed by atoms with Crippen LogP contribution in [0.2, 0.25) is 0 Å². The number of benzene rings is 3. The molecule has 0 radical (unpaired) electrons. The summed E-state index contributed by atoms with van der Waals surface area (Å²) in [5, 5.41) is 9.84. The van der Waals surface area contributed by atoms with Crippen molar-refractivity contribution in [3.8, 4) is 34.3 Å². The standard InChI is InChI=1S/C31H31NO6/c1-20-10-15-27(38-19-21-8-6-5-7-9-21)24(16-20)26-14-12-23(31(33)34)25(32-26)13-11-22-17-28(35-2)30(37-4)29(18-22)36-3/h5-10,12,14-18H,11,13,19H2,1-4H3,(H,33,34). The molecule has 38 heavy (non-hydrogen) atoms. The van der Waals surface area contributed by atoms with Gasteiger partial charge in [0.25, 0.3) is 0 Å². The molecule has 0 atom stereocenters. The molecule has 7 heteroatoms. The molecule has 4 aromatic rings. The number of carboxylic acids is 1. The molecule has 1 aromatic heterocycles. The quantitative estimate of drug-likeness (QED) is 0.258. The predicted molar refractivity (Wildman–Crippen MR) is 146 cm³/mol.